The van der Waals surface area contributed by atoms with E-state index in [4.69, 9.17) is 16.3 Å². The van der Waals surface area contributed by atoms with Crippen LogP contribution in [0.2, 0.25) is 5.02 Å². The van der Waals surface area contributed by atoms with Gasteiger partial charge in [0.15, 0.2) is 0 Å². The number of methoxy groups -OCH3 is 1. The van der Waals surface area contributed by atoms with Crippen LogP contribution in [0.25, 0.3) is 0 Å². The number of rotatable bonds is 3. The van der Waals surface area contributed by atoms with Crippen LogP contribution in [0.15, 0.2) is 18.2 Å². The van der Waals surface area contributed by atoms with Crippen molar-refractivity contribution >= 4 is 17.3 Å². The first-order valence-corrected chi connectivity index (χ1v) is 6.62. The van der Waals surface area contributed by atoms with Gasteiger partial charge in [-0.3, -0.25) is 0 Å². The standard InChI is InChI=1S/C14H20ClNO/c1-10-8-11(15)6-7-14(10)16-12-4-3-5-13(9-12)17-2/h6-8,12-13,16H,3-5,9H2,1-2H3. The van der Waals surface area contributed by atoms with Crippen LogP contribution in [-0.2, 0) is 4.74 Å². The molecular formula is C14H20ClNO. The predicted molar refractivity (Wildman–Crippen MR) is 72.9 cm³/mol. The van der Waals surface area contributed by atoms with E-state index in [9.17, 15) is 0 Å². The lowest BCUT2D eigenvalue weighted by Crippen LogP contribution is -2.31. The van der Waals surface area contributed by atoms with Crippen molar-refractivity contribution in [1.29, 1.82) is 0 Å². The molecule has 2 atom stereocenters. The van der Waals surface area contributed by atoms with E-state index < -0.39 is 0 Å². The van der Waals surface area contributed by atoms with E-state index in [1.807, 2.05) is 12.1 Å². The molecule has 1 aliphatic carbocycles. The Kier molecular flexibility index (Phi) is 4.30. The second kappa shape index (κ2) is 5.74. The van der Waals surface area contributed by atoms with Gasteiger partial charge in [0, 0.05) is 23.9 Å². The molecule has 1 saturated carbocycles. The molecule has 0 amide bonds. The maximum absolute atomic E-state index is 5.96. The predicted octanol–water partition coefficient (Wildman–Crippen LogP) is 4.02. The summed E-state index contributed by atoms with van der Waals surface area (Å²) in [5.74, 6) is 0. The van der Waals surface area contributed by atoms with Crippen molar-refractivity contribution in [2.24, 2.45) is 0 Å². The fourth-order valence-corrected chi connectivity index (χ4v) is 2.73. The normalized spacial score (nSPS) is 24.6. The van der Waals surface area contributed by atoms with E-state index in [1.165, 1.54) is 30.5 Å². The van der Waals surface area contributed by atoms with Gasteiger partial charge in [0.2, 0.25) is 0 Å². The Morgan fingerprint density at radius 1 is 1.35 bits per heavy atom. The molecule has 2 nitrogen and oxygen atoms in total. The van der Waals surface area contributed by atoms with Gasteiger partial charge in [-0.2, -0.15) is 0 Å². The van der Waals surface area contributed by atoms with Crippen molar-refractivity contribution in [3.8, 4) is 0 Å². The van der Waals surface area contributed by atoms with Crippen LogP contribution in [0.5, 0.6) is 0 Å². The number of benzene rings is 1. The molecule has 17 heavy (non-hydrogen) atoms. The van der Waals surface area contributed by atoms with Gasteiger partial charge in [0.1, 0.15) is 0 Å². The number of ether oxygens (including phenoxy) is 1. The van der Waals surface area contributed by atoms with Crippen molar-refractivity contribution < 1.29 is 4.74 Å². The lowest BCUT2D eigenvalue weighted by atomic mass is 9.92. The fraction of sp³-hybridized carbons (Fsp3) is 0.571. The Morgan fingerprint density at radius 3 is 2.88 bits per heavy atom. The quantitative estimate of drug-likeness (QED) is 0.879. The largest absolute Gasteiger partial charge is 0.382 e. The lowest BCUT2D eigenvalue weighted by molar-refractivity contribution is 0.0669. The summed E-state index contributed by atoms with van der Waals surface area (Å²) in [5, 5.41) is 4.40. The number of anilines is 1. The van der Waals surface area contributed by atoms with Gasteiger partial charge >= 0.3 is 0 Å². The Labute approximate surface area is 108 Å². The second-order valence-electron chi connectivity index (χ2n) is 4.82. The first-order valence-electron chi connectivity index (χ1n) is 6.24. The van der Waals surface area contributed by atoms with E-state index in [-0.39, 0.29) is 0 Å². The van der Waals surface area contributed by atoms with Crippen LogP contribution in [0.1, 0.15) is 31.2 Å². The maximum atomic E-state index is 5.96. The topological polar surface area (TPSA) is 21.3 Å². The summed E-state index contributed by atoms with van der Waals surface area (Å²) >= 11 is 5.96. The summed E-state index contributed by atoms with van der Waals surface area (Å²) in [6.45, 7) is 2.09. The summed E-state index contributed by atoms with van der Waals surface area (Å²) in [5.41, 5.74) is 2.40. The van der Waals surface area contributed by atoms with E-state index in [1.54, 1.807) is 7.11 Å². The Morgan fingerprint density at radius 2 is 2.18 bits per heavy atom. The van der Waals surface area contributed by atoms with Gasteiger partial charge in [-0.15, -0.1) is 0 Å². The fourth-order valence-electron chi connectivity index (χ4n) is 2.50. The molecule has 1 aliphatic rings. The number of nitrogens with one attached hydrogen (secondary N) is 1. The Bertz CT molecular complexity index is 380. The van der Waals surface area contributed by atoms with E-state index in [0.717, 1.165) is 11.4 Å². The molecule has 3 heteroatoms. The number of hydrogen-bond donors (Lipinski definition) is 1. The van der Waals surface area contributed by atoms with Crippen molar-refractivity contribution in [3.63, 3.8) is 0 Å². The second-order valence-corrected chi connectivity index (χ2v) is 5.26. The molecule has 0 aliphatic heterocycles. The smallest absolute Gasteiger partial charge is 0.0590 e. The molecule has 0 aromatic heterocycles. The monoisotopic (exact) mass is 253 g/mol. The molecule has 2 unspecified atom stereocenters. The van der Waals surface area contributed by atoms with Crippen molar-refractivity contribution in [3.05, 3.63) is 28.8 Å². The zero-order valence-electron chi connectivity index (χ0n) is 10.5. The van der Waals surface area contributed by atoms with Crippen LogP contribution in [0, 0.1) is 6.92 Å². The van der Waals surface area contributed by atoms with Gasteiger partial charge < -0.3 is 10.1 Å². The van der Waals surface area contributed by atoms with Crippen LogP contribution >= 0.6 is 11.6 Å². The van der Waals surface area contributed by atoms with Crippen LogP contribution in [0.3, 0.4) is 0 Å². The maximum Gasteiger partial charge on any atom is 0.0590 e. The van der Waals surface area contributed by atoms with Gasteiger partial charge in [-0.05, 0) is 56.4 Å². The summed E-state index contributed by atoms with van der Waals surface area (Å²) in [6.07, 6.45) is 5.16. The molecular weight excluding hydrogens is 234 g/mol. The molecule has 2 rings (SSSR count). The zero-order chi connectivity index (χ0) is 12.3. The van der Waals surface area contributed by atoms with Crippen molar-refractivity contribution in [2.75, 3.05) is 12.4 Å². The van der Waals surface area contributed by atoms with E-state index in [0.29, 0.717) is 12.1 Å². The first kappa shape index (κ1) is 12.7. The summed E-state index contributed by atoms with van der Waals surface area (Å²) in [4.78, 5) is 0. The van der Waals surface area contributed by atoms with Crippen LogP contribution in [-0.4, -0.2) is 19.3 Å². The van der Waals surface area contributed by atoms with Crippen LogP contribution in [0.4, 0.5) is 5.69 Å². The van der Waals surface area contributed by atoms with Gasteiger partial charge in [-0.25, -0.2) is 0 Å². The third kappa shape index (κ3) is 3.36. The molecule has 0 radical (unpaired) electrons. The SMILES string of the molecule is COC1CCCC(Nc2ccc(Cl)cc2C)C1. The first-order chi connectivity index (χ1) is 8.19. The Hall–Kier alpha value is -0.730. The van der Waals surface area contributed by atoms with Gasteiger partial charge in [0.05, 0.1) is 6.10 Å². The molecule has 1 fully saturated rings. The van der Waals surface area contributed by atoms with Crippen LogP contribution < -0.4 is 5.32 Å². The third-order valence-corrected chi connectivity index (χ3v) is 3.74. The number of aryl methyl sites for hydroxylation is 1. The highest BCUT2D eigenvalue weighted by molar-refractivity contribution is 6.30. The van der Waals surface area contributed by atoms with Crippen molar-refractivity contribution in [1.82, 2.24) is 0 Å². The minimum atomic E-state index is 0.411. The van der Waals surface area contributed by atoms with Gasteiger partial charge in [-0.1, -0.05) is 11.6 Å². The molecule has 0 heterocycles. The summed E-state index contributed by atoms with van der Waals surface area (Å²) in [6, 6.07) is 6.52. The molecule has 1 N–H and O–H groups in total. The van der Waals surface area contributed by atoms with Gasteiger partial charge in [0.25, 0.3) is 0 Å². The average Bonchev–Trinajstić information content (AvgIpc) is 2.33. The summed E-state index contributed by atoms with van der Waals surface area (Å²) < 4.78 is 5.45. The third-order valence-electron chi connectivity index (χ3n) is 3.51. The highest BCUT2D eigenvalue weighted by Gasteiger charge is 2.21. The lowest BCUT2D eigenvalue weighted by Gasteiger charge is -2.30. The molecule has 1 aromatic carbocycles. The number of hydrogen-bond acceptors (Lipinski definition) is 2. The molecule has 1 aromatic rings. The molecule has 94 valence electrons. The Balaban J connectivity index is 2.00. The molecule has 0 bridgehead atoms. The molecule has 0 saturated heterocycles. The van der Waals surface area contributed by atoms with E-state index in [2.05, 4.69) is 18.3 Å². The highest BCUT2D eigenvalue weighted by Crippen LogP contribution is 2.26. The highest BCUT2D eigenvalue weighted by atomic mass is 35.5. The minimum Gasteiger partial charge on any atom is -0.382 e. The summed E-state index contributed by atoms with van der Waals surface area (Å²) in [7, 11) is 1.81. The minimum absolute atomic E-state index is 0.411. The molecule has 0 spiro atoms. The van der Waals surface area contributed by atoms with Crippen molar-refractivity contribution in [2.45, 2.75) is 44.8 Å². The van der Waals surface area contributed by atoms with E-state index >= 15 is 0 Å². The number of halogens is 1. The zero-order valence-corrected chi connectivity index (χ0v) is 11.3. The average molecular weight is 254 g/mol.